The Morgan fingerprint density at radius 1 is 0.462 bits per heavy atom. The lowest BCUT2D eigenvalue weighted by Crippen LogP contribution is -2.29. The first-order valence-electron chi connectivity index (χ1n) is 26.8. The summed E-state index contributed by atoms with van der Waals surface area (Å²) in [6.07, 6.45) is 62.9. The number of phosphoric acid groups is 1. The first kappa shape index (κ1) is 62.7. The number of hydrogen-bond acceptors (Lipinski definition) is 8. The molecule has 0 spiro atoms. The van der Waals surface area contributed by atoms with Crippen LogP contribution in [0.1, 0.15) is 245 Å². The third-order valence-electron chi connectivity index (χ3n) is 11.4. The van der Waals surface area contributed by atoms with Gasteiger partial charge in [-0.15, -0.1) is 0 Å². The molecule has 2 atom stereocenters. The molecule has 9 nitrogen and oxygen atoms in total. The number of carbonyl (C=O) groups excluding carboxylic acids is 2. The molecule has 65 heavy (non-hydrogen) atoms. The van der Waals surface area contributed by atoms with Gasteiger partial charge in [0.05, 0.1) is 13.2 Å². The van der Waals surface area contributed by atoms with Gasteiger partial charge in [0, 0.05) is 19.4 Å². The lowest BCUT2D eigenvalue weighted by molar-refractivity contribution is -0.161. The minimum Gasteiger partial charge on any atom is -0.462 e. The number of esters is 2. The van der Waals surface area contributed by atoms with Crippen molar-refractivity contribution in [3.8, 4) is 0 Å². The molecule has 0 aliphatic rings. The zero-order chi connectivity index (χ0) is 47.4. The highest BCUT2D eigenvalue weighted by Crippen LogP contribution is 2.43. The van der Waals surface area contributed by atoms with E-state index in [1.807, 2.05) is 0 Å². The Balaban J connectivity index is 4.14. The molecule has 1 unspecified atom stereocenters. The largest absolute Gasteiger partial charge is 0.472 e. The second-order valence-corrected chi connectivity index (χ2v) is 19.2. The van der Waals surface area contributed by atoms with E-state index in [2.05, 4.69) is 74.6 Å². The molecule has 0 aliphatic heterocycles. The SMILES string of the molecule is CCCCCCCCC/C=C/C/C=C/C/C=C/C/C=C/CCCC(=O)OC[C@H](COP(=O)(O)OCCN)OC(=O)CCC/C=C/CCCCCCCCCCCCCCCCCCCC. The fourth-order valence-corrected chi connectivity index (χ4v) is 8.16. The van der Waals surface area contributed by atoms with Crippen LogP contribution in [0, 0.1) is 0 Å². The molecule has 0 amide bonds. The van der Waals surface area contributed by atoms with E-state index in [4.69, 9.17) is 24.3 Å². The summed E-state index contributed by atoms with van der Waals surface area (Å²) in [5, 5.41) is 0. The molecule has 0 saturated heterocycles. The molecule has 0 aromatic carbocycles. The predicted molar refractivity (Wildman–Crippen MR) is 275 cm³/mol. The highest BCUT2D eigenvalue weighted by Gasteiger charge is 2.26. The molecule has 0 heterocycles. The molecule has 378 valence electrons. The predicted octanol–water partition coefficient (Wildman–Crippen LogP) is 16.4. The van der Waals surface area contributed by atoms with Crippen LogP contribution in [0.5, 0.6) is 0 Å². The van der Waals surface area contributed by atoms with Crippen molar-refractivity contribution < 1.29 is 37.6 Å². The Morgan fingerprint density at radius 3 is 1.20 bits per heavy atom. The highest BCUT2D eigenvalue weighted by molar-refractivity contribution is 7.47. The minimum atomic E-state index is -4.40. The van der Waals surface area contributed by atoms with E-state index in [0.29, 0.717) is 12.8 Å². The number of rotatable bonds is 50. The molecule has 0 aromatic rings. The maximum Gasteiger partial charge on any atom is 0.472 e. The van der Waals surface area contributed by atoms with Gasteiger partial charge in [0.1, 0.15) is 6.61 Å². The number of nitrogens with two attached hydrogens (primary N) is 1. The molecular weight excluding hydrogens is 834 g/mol. The van der Waals surface area contributed by atoms with Gasteiger partial charge in [-0.25, -0.2) is 4.57 Å². The van der Waals surface area contributed by atoms with E-state index in [-0.39, 0.29) is 32.6 Å². The van der Waals surface area contributed by atoms with Crippen LogP contribution >= 0.6 is 7.82 Å². The molecule has 0 saturated carbocycles. The van der Waals surface area contributed by atoms with Crippen molar-refractivity contribution >= 4 is 19.8 Å². The van der Waals surface area contributed by atoms with Gasteiger partial charge in [0.2, 0.25) is 0 Å². The molecule has 10 heteroatoms. The van der Waals surface area contributed by atoms with Crippen LogP contribution in [-0.2, 0) is 32.7 Å². The molecule has 0 bridgehead atoms. The Labute approximate surface area is 399 Å². The smallest absolute Gasteiger partial charge is 0.462 e. The number of carbonyl (C=O) groups is 2. The van der Waals surface area contributed by atoms with Crippen LogP contribution in [-0.4, -0.2) is 49.3 Å². The molecule has 0 radical (unpaired) electrons. The van der Waals surface area contributed by atoms with Crippen LogP contribution in [0.3, 0.4) is 0 Å². The third-order valence-corrected chi connectivity index (χ3v) is 12.4. The number of ether oxygens (including phenoxy) is 2. The number of allylic oxidation sites excluding steroid dienone is 10. The Morgan fingerprint density at radius 2 is 0.800 bits per heavy atom. The maximum absolute atomic E-state index is 12.6. The van der Waals surface area contributed by atoms with Crippen LogP contribution in [0.25, 0.3) is 0 Å². The quantitative estimate of drug-likeness (QED) is 0.0265. The summed E-state index contributed by atoms with van der Waals surface area (Å²) in [5.41, 5.74) is 5.36. The molecule has 0 fully saturated rings. The monoisotopic (exact) mass is 934 g/mol. The topological polar surface area (TPSA) is 134 Å². The highest BCUT2D eigenvalue weighted by atomic mass is 31.2. The van der Waals surface area contributed by atoms with Gasteiger partial charge in [0.25, 0.3) is 0 Å². The summed E-state index contributed by atoms with van der Waals surface area (Å²) in [6.45, 7) is 3.67. The van der Waals surface area contributed by atoms with Gasteiger partial charge >= 0.3 is 19.8 Å². The van der Waals surface area contributed by atoms with E-state index >= 15 is 0 Å². The summed E-state index contributed by atoms with van der Waals surface area (Å²) < 4.78 is 32.8. The Bertz CT molecular complexity index is 1250. The normalized spacial score (nSPS) is 13.6. The van der Waals surface area contributed by atoms with Gasteiger partial charge in [-0.05, 0) is 70.6 Å². The summed E-state index contributed by atoms with van der Waals surface area (Å²) in [6, 6.07) is 0. The second kappa shape index (κ2) is 51.1. The standard InChI is InChI=1S/C55H100NO8P/c1-3-5-7-9-11-13-15-17-19-21-23-25-26-28-30-32-34-36-38-40-42-44-46-48-55(58)64-53(52-63-65(59,60)62-50-49-56)51-61-54(57)47-45-43-41-39-37-35-33-31-29-27-24-22-20-18-16-14-12-10-8-6-4-2/h20,22,27,29,33,35,39-42,53H,3-19,21,23-26,28,30-32,34,36-38,43-52,56H2,1-2H3,(H,59,60)/b22-20+,29-27+,35-33+,41-39+,42-40+/t53-/m1/s1. The molecule has 0 aromatic heterocycles. The fraction of sp³-hybridized carbons (Fsp3) is 0.782. The van der Waals surface area contributed by atoms with Gasteiger partial charge in [-0.2, -0.15) is 0 Å². The lowest BCUT2D eigenvalue weighted by Gasteiger charge is -2.19. The van der Waals surface area contributed by atoms with Crippen molar-refractivity contribution in [1.82, 2.24) is 0 Å². The second-order valence-electron chi connectivity index (χ2n) is 17.7. The average molecular weight is 934 g/mol. The molecule has 3 N–H and O–H groups in total. The zero-order valence-electron chi connectivity index (χ0n) is 42.0. The first-order valence-corrected chi connectivity index (χ1v) is 28.3. The van der Waals surface area contributed by atoms with Crippen molar-refractivity contribution in [2.24, 2.45) is 5.73 Å². The van der Waals surface area contributed by atoms with Crippen molar-refractivity contribution in [3.63, 3.8) is 0 Å². The van der Waals surface area contributed by atoms with E-state index in [1.165, 1.54) is 167 Å². The minimum absolute atomic E-state index is 0.0408. The van der Waals surface area contributed by atoms with Crippen molar-refractivity contribution in [3.05, 3.63) is 60.8 Å². The van der Waals surface area contributed by atoms with Crippen LogP contribution in [0.2, 0.25) is 0 Å². The van der Waals surface area contributed by atoms with Crippen molar-refractivity contribution in [1.29, 1.82) is 0 Å². The summed E-state index contributed by atoms with van der Waals surface area (Å²) in [7, 11) is -4.40. The van der Waals surface area contributed by atoms with Crippen molar-refractivity contribution in [2.45, 2.75) is 251 Å². The average Bonchev–Trinajstić information content (AvgIpc) is 3.30. The Kier molecular flexibility index (Phi) is 49.3. The van der Waals surface area contributed by atoms with E-state index < -0.39 is 32.5 Å². The van der Waals surface area contributed by atoms with Gasteiger partial charge in [-0.3, -0.25) is 18.6 Å². The maximum atomic E-state index is 12.6. The van der Waals surface area contributed by atoms with E-state index in [1.54, 1.807) is 0 Å². The zero-order valence-corrected chi connectivity index (χ0v) is 42.9. The van der Waals surface area contributed by atoms with Crippen LogP contribution in [0.4, 0.5) is 0 Å². The molecule has 0 rings (SSSR count). The third kappa shape index (κ3) is 51.0. The first-order chi connectivity index (χ1) is 31.8. The summed E-state index contributed by atoms with van der Waals surface area (Å²) >= 11 is 0. The number of phosphoric ester groups is 1. The summed E-state index contributed by atoms with van der Waals surface area (Å²) in [4.78, 5) is 35.0. The lowest BCUT2D eigenvalue weighted by atomic mass is 10.0. The van der Waals surface area contributed by atoms with Gasteiger partial charge in [0.15, 0.2) is 6.10 Å². The number of hydrogen-bond donors (Lipinski definition) is 2. The van der Waals surface area contributed by atoms with Crippen LogP contribution < -0.4 is 5.73 Å². The Hall–Kier alpha value is -2.29. The van der Waals surface area contributed by atoms with E-state index in [0.717, 1.165) is 38.5 Å². The summed E-state index contributed by atoms with van der Waals surface area (Å²) in [5.74, 6) is -0.927. The van der Waals surface area contributed by atoms with Crippen LogP contribution in [0.15, 0.2) is 60.8 Å². The fourth-order valence-electron chi connectivity index (χ4n) is 7.40. The van der Waals surface area contributed by atoms with E-state index in [9.17, 15) is 19.0 Å². The number of unbranched alkanes of at least 4 members (excludes halogenated alkanes) is 27. The molecule has 0 aliphatic carbocycles. The van der Waals surface area contributed by atoms with Crippen molar-refractivity contribution in [2.75, 3.05) is 26.4 Å². The van der Waals surface area contributed by atoms with Gasteiger partial charge in [-0.1, -0.05) is 222 Å². The van der Waals surface area contributed by atoms with Gasteiger partial charge < -0.3 is 20.1 Å². The molecular formula is C55H100NO8P.